The highest BCUT2D eigenvalue weighted by Crippen LogP contribution is 2.30. The summed E-state index contributed by atoms with van der Waals surface area (Å²) in [5.41, 5.74) is 1.17. The van der Waals surface area contributed by atoms with Gasteiger partial charge in [-0.15, -0.1) is 11.3 Å². The number of aliphatic carboxylic acids is 1. The summed E-state index contributed by atoms with van der Waals surface area (Å²) in [5.74, 6) is -0.280. The summed E-state index contributed by atoms with van der Waals surface area (Å²) in [6, 6.07) is 7.83. The lowest BCUT2D eigenvalue weighted by Gasteiger charge is -2.23. The SMILES string of the molecule is Cc1ccccc1-c1nc(C(=O)NC2(C(=O)O)CCSC2)cs1. The van der Waals surface area contributed by atoms with Crippen LogP contribution in [0.3, 0.4) is 0 Å². The van der Waals surface area contributed by atoms with Crippen LogP contribution in [0.5, 0.6) is 0 Å². The van der Waals surface area contributed by atoms with E-state index < -0.39 is 17.4 Å². The van der Waals surface area contributed by atoms with E-state index in [1.807, 2.05) is 31.2 Å². The van der Waals surface area contributed by atoms with Gasteiger partial charge in [0, 0.05) is 16.7 Å². The molecule has 1 aliphatic heterocycles. The summed E-state index contributed by atoms with van der Waals surface area (Å²) >= 11 is 2.92. The molecule has 1 aromatic heterocycles. The summed E-state index contributed by atoms with van der Waals surface area (Å²) in [4.78, 5) is 28.3. The van der Waals surface area contributed by atoms with Crippen molar-refractivity contribution in [1.82, 2.24) is 10.3 Å². The smallest absolute Gasteiger partial charge is 0.330 e. The van der Waals surface area contributed by atoms with Crippen molar-refractivity contribution in [1.29, 1.82) is 0 Å². The zero-order valence-corrected chi connectivity index (χ0v) is 14.2. The molecular weight excluding hydrogens is 332 g/mol. The second kappa shape index (κ2) is 6.33. The zero-order chi connectivity index (χ0) is 16.4. The molecule has 23 heavy (non-hydrogen) atoms. The molecule has 1 unspecified atom stereocenters. The van der Waals surface area contributed by atoms with Crippen LogP contribution in [0.15, 0.2) is 29.6 Å². The third-order valence-corrected chi connectivity index (χ3v) is 5.96. The standard InChI is InChI=1S/C16H16N2O3S2/c1-10-4-2-3-5-11(10)14-17-12(8-23-14)13(19)18-16(15(20)21)6-7-22-9-16/h2-5,8H,6-7,9H2,1H3,(H,18,19)(H,20,21). The number of thioether (sulfide) groups is 1. The second-order valence-corrected chi connectivity index (χ2v) is 7.46. The highest BCUT2D eigenvalue weighted by molar-refractivity contribution is 7.99. The Kier molecular flexibility index (Phi) is 4.41. The largest absolute Gasteiger partial charge is 0.479 e. The minimum Gasteiger partial charge on any atom is -0.479 e. The number of hydrogen-bond donors (Lipinski definition) is 2. The first-order valence-corrected chi connectivity index (χ1v) is 9.20. The van der Waals surface area contributed by atoms with Gasteiger partial charge in [-0.05, 0) is 24.7 Å². The summed E-state index contributed by atoms with van der Waals surface area (Å²) < 4.78 is 0. The number of nitrogens with one attached hydrogen (secondary N) is 1. The van der Waals surface area contributed by atoms with Crippen molar-refractivity contribution in [2.75, 3.05) is 11.5 Å². The number of hydrogen-bond acceptors (Lipinski definition) is 5. The molecule has 0 radical (unpaired) electrons. The van der Waals surface area contributed by atoms with Crippen molar-refractivity contribution in [3.8, 4) is 10.6 Å². The molecule has 7 heteroatoms. The molecule has 1 aromatic carbocycles. The molecule has 2 heterocycles. The van der Waals surface area contributed by atoms with E-state index in [1.54, 1.807) is 5.38 Å². The van der Waals surface area contributed by atoms with Crippen LogP contribution >= 0.6 is 23.1 Å². The van der Waals surface area contributed by atoms with Gasteiger partial charge in [-0.3, -0.25) is 4.79 Å². The fraction of sp³-hybridized carbons (Fsp3) is 0.312. The van der Waals surface area contributed by atoms with E-state index in [4.69, 9.17) is 0 Å². The molecule has 0 aliphatic carbocycles. The Balaban J connectivity index is 1.82. The van der Waals surface area contributed by atoms with Gasteiger partial charge in [-0.1, -0.05) is 24.3 Å². The molecule has 1 fully saturated rings. The van der Waals surface area contributed by atoms with Crippen molar-refractivity contribution in [3.05, 3.63) is 40.9 Å². The molecule has 1 amide bonds. The maximum atomic E-state index is 12.4. The Morgan fingerprint density at radius 1 is 1.35 bits per heavy atom. The molecule has 0 spiro atoms. The van der Waals surface area contributed by atoms with Crippen molar-refractivity contribution in [2.24, 2.45) is 0 Å². The first-order valence-electron chi connectivity index (χ1n) is 7.17. The normalized spacial score (nSPS) is 20.4. The molecule has 5 nitrogen and oxygen atoms in total. The summed E-state index contributed by atoms with van der Waals surface area (Å²) in [6.07, 6.45) is 0.438. The number of rotatable bonds is 4. The first-order chi connectivity index (χ1) is 11.0. The minimum absolute atomic E-state index is 0.269. The predicted octanol–water partition coefficient (Wildman–Crippen LogP) is 2.81. The molecule has 120 valence electrons. The van der Waals surface area contributed by atoms with E-state index in [0.717, 1.165) is 21.9 Å². The average molecular weight is 348 g/mol. The van der Waals surface area contributed by atoms with Crippen molar-refractivity contribution in [3.63, 3.8) is 0 Å². The number of amides is 1. The van der Waals surface area contributed by atoms with Gasteiger partial charge in [0.25, 0.3) is 5.91 Å². The van der Waals surface area contributed by atoms with Gasteiger partial charge in [0.15, 0.2) is 0 Å². The Morgan fingerprint density at radius 2 is 2.13 bits per heavy atom. The van der Waals surface area contributed by atoms with Crippen LogP contribution < -0.4 is 5.32 Å². The number of aryl methyl sites for hydroxylation is 1. The number of benzene rings is 1. The lowest BCUT2D eigenvalue weighted by Crippen LogP contribution is -2.54. The van der Waals surface area contributed by atoms with E-state index in [0.29, 0.717) is 12.2 Å². The lowest BCUT2D eigenvalue weighted by molar-refractivity contribution is -0.143. The van der Waals surface area contributed by atoms with Crippen LogP contribution in [0.2, 0.25) is 0 Å². The van der Waals surface area contributed by atoms with Gasteiger partial charge < -0.3 is 10.4 Å². The fourth-order valence-electron chi connectivity index (χ4n) is 2.48. The number of carboxylic acid groups (broad SMARTS) is 1. The number of aromatic nitrogens is 1. The van der Waals surface area contributed by atoms with E-state index in [2.05, 4.69) is 10.3 Å². The van der Waals surface area contributed by atoms with Crippen LogP contribution in [0.25, 0.3) is 10.6 Å². The van der Waals surface area contributed by atoms with Gasteiger partial charge >= 0.3 is 5.97 Å². The summed E-state index contributed by atoms with van der Waals surface area (Å²) in [5, 5.41) is 14.5. The van der Waals surface area contributed by atoms with Crippen LogP contribution in [0.1, 0.15) is 22.5 Å². The van der Waals surface area contributed by atoms with Crippen molar-refractivity contribution >= 4 is 35.0 Å². The molecule has 1 aliphatic rings. The maximum Gasteiger partial charge on any atom is 0.330 e. The average Bonchev–Trinajstić information content (AvgIpc) is 3.17. The van der Waals surface area contributed by atoms with E-state index in [1.165, 1.54) is 23.1 Å². The third-order valence-electron chi connectivity index (χ3n) is 3.90. The van der Waals surface area contributed by atoms with Crippen LogP contribution in [-0.2, 0) is 4.79 Å². The zero-order valence-electron chi connectivity index (χ0n) is 12.5. The monoisotopic (exact) mass is 348 g/mol. The molecule has 1 atom stereocenters. The molecule has 2 N–H and O–H groups in total. The third kappa shape index (κ3) is 3.11. The van der Waals surface area contributed by atoms with Gasteiger partial charge in [-0.2, -0.15) is 11.8 Å². The summed E-state index contributed by atoms with van der Waals surface area (Å²) in [7, 11) is 0. The Hall–Kier alpha value is -1.86. The molecule has 0 bridgehead atoms. The van der Waals surface area contributed by atoms with E-state index in [-0.39, 0.29) is 5.69 Å². The number of nitrogens with zero attached hydrogens (tertiary/aromatic N) is 1. The van der Waals surface area contributed by atoms with Crippen LogP contribution in [0.4, 0.5) is 0 Å². The van der Waals surface area contributed by atoms with E-state index in [9.17, 15) is 14.7 Å². The van der Waals surface area contributed by atoms with Gasteiger partial charge in [-0.25, -0.2) is 9.78 Å². The van der Waals surface area contributed by atoms with E-state index >= 15 is 0 Å². The summed E-state index contributed by atoms with van der Waals surface area (Å²) in [6.45, 7) is 1.99. The molecule has 0 saturated carbocycles. The van der Waals surface area contributed by atoms with Crippen molar-refractivity contribution < 1.29 is 14.7 Å². The van der Waals surface area contributed by atoms with Gasteiger partial charge in [0.05, 0.1) is 0 Å². The fourth-order valence-corrected chi connectivity index (χ4v) is 4.70. The first kappa shape index (κ1) is 16.0. The molecule has 3 rings (SSSR count). The van der Waals surface area contributed by atoms with Crippen LogP contribution in [0, 0.1) is 6.92 Å². The maximum absolute atomic E-state index is 12.4. The highest BCUT2D eigenvalue weighted by atomic mass is 32.2. The van der Waals surface area contributed by atoms with Crippen LogP contribution in [-0.4, -0.2) is 39.0 Å². The Morgan fingerprint density at radius 3 is 2.78 bits per heavy atom. The number of carbonyl (C=O) groups is 2. The minimum atomic E-state index is -1.17. The topological polar surface area (TPSA) is 79.3 Å². The number of thiazole rings is 1. The van der Waals surface area contributed by atoms with Gasteiger partial charge in [0.1, 0.15) is 16.2 Å². The highest BCUT2D eigenvalue weighted by Gasteiger charge is 2.43. The number of carboxylic acids is 1. The predicted molar refractivity (Wildman–Crippen MR) is 92.1 cm³/mol. The Labute approximate surface area is 142 Å². The quantitative estimate of drug-likeness (QED) is 0.888. The Bertz CT molecular complexity index is 751. The molecule has 1 saturated heterocycles. The molecule has 2 aromatic rings. The van der Waals surface area contributed by atoms with Crippen molar-refractivity contribution in [2.45, 2.75) is 18.9 Å². The number of carbonyl (C=O) groups excluding carboxylic acids is 1. The molecular formula is C16H16N2O3S2. The second-order valence-electron chi connectivity index (χ2n) is 5.50. The lowest BCUT2D eigenvalue weighted by atomic mass is 9.99. The van der Waals surface area contributed by atoms with Gasteiger partial charge in [0.2, 0.25) is 0 Å².